The number of halogens is 2. The van der Waals surface area contributed by atoms with E-state index in [1.165, 1.54) is 0 Å². The Morgan fingerprint density at radius 2 is 1.62 bits per heavy atom. The zero-order chi connectivity index (χ0) is 11.9. The summed E-state index contributed by atoms with van der Waals surface area (Å²) in [6.07, 6.45) is 0. The zero-order valence-corrected chi connectivity index (χ0v) is 10.5. The van der Waals surface area contributed by atoms with Crippen LogP contribution < -0.4 is 5.73 Å². The first-order chi connectivity index (χ1) is 7.35. The molecule has 0 aliphatic heterocycles. The lowest BCUT2D eigenvalue weighted by atomic mass is 10.1. The van der Waals surface area contributed by atoms with Gasteiger partial charge in [0, 0.05) is 5.54 Å². The molecule has 0 atom stereocenters. The van der Waals surface area contributed by atoms with Crippen LogP contribution in [-0.2, 0) is 6.54 Å². The quantitative estimate of drug-likeness (QED) is 0.901. The molecule has 16 heavy (non-hydrogen) atoms. The fourth-order valence-corrected chi connectivity index (χ4v) is 1.71. The van der Waals surface area contributed by atoms with Crippen molar-refractivity contribution in [3.63, 3.8) is 0 Å². The molecule has 4 nitrogen and oxygen atoms in total. The zero-order valence-electron chi connectivity index (χ0n) is 9.04. The Kier molecular flexibility index (Phi) is 2.82. The summed E-state index contributed by atoms with van der Waals surface area (Å²) in [4.78, 5) is 1.57. The Hall–Kier alpha value is -0.840. The van der Waals surface area contributed by atoms with Crippen LogP contribution in [0.4, 0.5) is 0 Å². The predicted octanol–water partition coefficient (Wildman–Crippen LogP) is 2.48. The van der Waals surface area contributed by atoms with E-state index >= 15 is 0 Å². The van der Waals surface area contributed by atoms with E-state index in [1.807, 2.05) is 13.8 Å². The van der Waals surface area contributed by atoms with Crippen molar-refractivity contribution in [3.05, 3.63) is 22.2 Å². The van der Waals surface area contributed by atoms with E-state index in [0.717, 1.165) is 11.0 Å². The number of nitrogens with two attached hydrogens (primary N) is 1. The maximum Gasteiger partial charge on any atom is 0.114 e. The van der Waals surface area contributed by atoms with Gasteiger partial charge in [-0.2, -0.15) is 15.0 Å². The van der Waals surface area contributed by atoms with Gasteiger partial charge in [0.2, 0.25) is 0 Å². The molecule has 0 spiro atoms. The van der Waals surface area contributed by atoms with Crippen molar-refractivity contribution in [2.75, 3.05) is 0 Å². The van der Waals surface area contributed by atoms with Gasteiger partial charge in [-0.25, -0.2) is 0 Å². The van der Waals surface area contributed by atoms with Crippen LogP contribution in [0.3, 0.4) is 0 Å². The van der Waals surface area contributed by atoms with Crippen LogP contribution >= 0.6 is 23.2 Å². The van der Waals surface area contributed by atoms with Crippen LogP contribution in [0.15, 0.2) is 12.1 Å². The lowest BCUT2D eigenvalue weighted by Crippen LogP contribution is -2.37. The minimum atomic E-state index is -0.358. The Bertz CT molecular complexity index is 488. The molecule has 0 saturated heterocycles. The number of hydrogen-bond acceptors (Lipinski definition) is 3. The molecule has 2 rings (SSSR count). The Morgan fingerprint density at radius 3 is 2.00 bits per heavy atom. The lowest BCUT2D eigenvalue weighted by molar-refractivity contribution is 0.380. The fourth-order valence-electron chi connectivity index (χ4n) is 1.39. The summed E-state index contributed by atoms with van der Waals surface area (Å²) >= 11 is 11.8. The van der Waals surface area contributed by atoms with Crippen LogP contribution in [0.5, 0.6) is 0 Å². The predicted molar refractivity (Wildman–Crippen MR) is 65.8 cm³/mol. The van der Waals surface area contributed by atoms with Gasteiger partial charge in [-0.15, -0.1) is 0 Å². The summed E-state index contributed by atoms with van der Waals surface area (Å²) in [7, 11) is 0. The molecule has 6 heteroatoms. The third-order valence-electron chi connectivity index (χ3n) is 2.01. The summed E-state index contributed by atoms with van der Waals surface area (Å²) < 4.78 is 0. The normalized spacial score (nSPS) is 12.3. The molecular weight excluding hydrogens is 247 g/mol. The van der Waals surface area contributed by atoms with E-state index < -0.39 is 0 Å². The molecule has 0 bridgehead atoms. The molecule has 1 heterocycles. The first-order valence-corrected chi connectivity index (χ1v) is 5.59. The Morgan fingerprint density at radius 1 is 1.19 bits per heavy atom. The minimum Gasteiger partial charge on any atom is -0.324 e. The number of fused-ring (bicyclic) bond motifs is 1. The van der Waals surface area contributed by atoms with Gasteiger partial charge >= 0.3 is 0 Å². The molecular formula is C10H12Cl2N4. The van der Waals surface area contributed by atoms with Gasteiger partial charge in [0.25, 0.3) is 0 Å². The smallest absolute Gasteiger partial charge is 0.114 e. The summed E-state index contributed by atoms with van der Waals surface area (Å²) in [6.45, 7) is 4.37. The second-order valence-corrected chi connectivity index (χ2v) is 5.29. The topological polar surface area (TPSA) is 56.7 Å². The van der Waals surface area contributed by atoms with E-state index in [4.69, 9.17) is 28.9 Å². The number of rotatable bonds is 2. The van der Waals surface area contributed by atoms with Gasteiger partial charge in [0.05, 0.1) is 16.6 Å². The minimum absolute atomic E-state index is 0.358. The van der Waals surface area contributed by atoms with Crippen molar-refractivity contribution >= 4 is 34.2 Å². The van der Waals surface area contributed by atoms with E-state index in [-0.39, 0.29) is 5.54 Å². The molecule has 1 aromatic heterocycles. The molecule has 2 N–H and O–H groups in total. The summed E-state index contributed by atoms with van der Waals surface area (Å²) in [6, 6.07) is 3.40. The molecule has 0 radical (unpaired) electrons. The van der Waals surface area contributed by atoms with Crippen molar-refractivity contribution in [2.24, 2.45) is 5.73 Å². The molecule has 0 aliphatic rings. The highest BCUT2D eigenvalue weighted by Gasteiger charge is 2.14. The van der Waals surface area contributed by atoms with Gasteiger partial charge in [0.15, 0.2) is 0 Å². The van der Waals surface area contributed by atoms with Gasteiger partial charge in [-0.1, -0.05) is 23.2 Å². The largest absolute Gasteiger partial charge is 0.324 e. The van der Waals surface area contributed by atoms with Gasteiger partial charge in [-0.05, 0) is 26.0 Å². The summed E-state index contributed by atoms with van der Waals surface area (Å²) in [5, 5.41) is 9.52. The Labute approximate surface area is 103 Å². The highest BCUT2D eigenvalue weighted by atomic mass is 35.5. The van der Waals surface area contributed by atoms with Gasteiger partial charge in [0.1, 0.15) is 11.0 Å². The first kappa shape index (κ1) is 11.6. The average Bonchev–Trinajstić information content (AvgIpc) is 2.44. The average molecular weight is 259 g/mol. The molecule has 0 unspecified atom stereocenters. The van der Waals surface area contributed by atoms with Gasteiger partial charge in [-0.3, -0.25) is 0 Å². The van der Waals surface area contributed by atoms with Crippen molar-refractivity contribution < 1.29 is 0 Å². The number of aromatic nitrogens is 3. The summed E-state index contributed by atoms with van der Waals surface area (Å²) in [5.41, 5.74) is 6.98. The lowest BCUT2D eigenvalue weighted by Gasteiger charge is -2.16. The van der Waals surface area contributed by atoms with E-state index in [2.05, 4.69) is 10.2 Å². The molecule has 0 saturated carbocycles. The highest BCUT2D eigenvalue weighted by Crippen LogP contribution is 2.25. The van der Waals surface area contributed by atoms with E-state index in [9.17, 15) is 0 Å². The van der Waals surface area contributed by atoms with Crippen molar-refractivity contribution in [1.29, 1.82) is 0 Å². The molecule has 1 aromatic carbocycles. The Balaban J connectivity index is 2.44. The van der Waals surface area contributed by atoms with Crippen molar-refractivity contribution in [3.8, 4) is 0 Å². The third kappa shape index (κ3) is 2.45. The fraction of sp³-hybridized carbons (Fsp3) is 0.400. The summed E-state index contributed by atoms with van der Waals surface area (Å²) in [5.74, 6) is 0. The third-order valence-corrected chi connectivity index (χ3v) is 2.73. The van der Waals surface area contributed by atoms with Crippen LogP contribution in [0.25, 0.3) is 11.0 Å². The SMILES string of the molecule is CC(C)(N)Cn1nc2cc(Cl)c(Cl)cc2n1. The van der Waals surface area contributed by atoms with Crippen molar-refractivity contribution in [1.82, 2.24) is 15.0 Å². The molecule has 0 amide bonds. The molecule has 0 fully saturated rings. The monoisotopic (exact) mass is 258 g/mol. The maximum absolute atomic E-state index is 5.90. The van der Waals surface area contributed by atoms with E-state index in [0.29, 0.717) is 16.6 Å². The van der Waals surface area contributed by atoms with Crippen LogP contribution in [0.2, 0.25) is 10.0 Å². The number of benzene rings is 1. The standard InChI is InChI=1S/C10H12Cl2N4/c1-10(2,13)5-16-14-8-3-6(11)7(12)4-9(8)15-16/h3-4H,5,13H2,1-2H3. The van der Waals surface area contributed by atoms with Gasteiger partial charge < -0.3 is 5.73 Å². The maximum atomic E-state index is 5.90. The molecule has 2 aromatic rings. The van der Waals surface area contributed by atoms with Crippen molar-refractivity contribution in [2.45, 2.75) is 25.9 Å². The second-order valence-electron chi connectivity index (χ2n) is 4.47. The highest BCUT2D eigenvalue weighted by molar-refractivity contribution is 6.42. The molecule has 86 valence electrons. The van der Waals surface area contributed by atoms with Crippen LogP contribution in [0.1, 0.15) is 13.8 Å². The van der Waals surface area contributed by atoms with Crippen LogP contribution in [0, 0.1) is 0 Å². The number of nitrogens with zero attached hydrogens (tertiary/aromatic N) is 3. The number of hydrogen-bond donors (Lipinski definition) is 1. The van der Waals surface area contributed by atoms with E-state index in [1.54, 1.807) is 16.9 Å². The second kappa shape index (κ2) is 3.87. The van der Waals surface area contributed by atoms with Crippen LogP contribution in [-0.4, -0.2) is 20.5 Å². The first-order valence-electron chi connectivity index (χ1n) is 4.84. The molecule has 0 aliphatic carbocycles.